The van der Waals surface area contributed by atoms with Gasteiger partial charge in [0.05, 0.1) is 11.3 Å². The number of aryl methyl sites for hydroxylation is 1. The van der Waals surface area contributed by atoms with Crippen molar-refractivity contribution in [1.82, 2.24) is 0 Å². The Hall–Kier alpha value is -3.90. The van der Waals surface area contributed by atoms with E-state index in [-0.39, 0.29) is 16.1 Å². The molecule has 0 fully saturated rings. The number of hydrogen-bond acceptors (Lipinski definition) is 5. The normalized spacial score (nSPS) is 13.9. The standard InChI is InChI=1S/C28H25ClN2O4/c1-17-9-15-20(16-10-17)31-25(32)23(29)24(26(31)33)30-19-13-11-18(12-14-19)27(34)35-22-8-6-5-7-21(22)28(2,3)4/h5-16,30H,1-4H3. The zero-order chi connectivity index (χ0) is 25.3. The van der Waals surface area contributed by atoms with Crippen molar-refractivity contribution in [3.05, 3.63) is 100 Å². The first kappa shape index (κ1) is 24.2. The Morgan fingerprint density at radius 1 is 0.886 bits per heavy atom. The Balaban J connectivity index is 1.49. The van der Waals surface area contributed by atoms with Gasteiger partial charge in [-0.3, -0.25) is 9.59 Å². The summed E-state index contributed by atoms with van der Waals surface area (Å²) in [6.07, 6.45) is 0. The Morgan fingerprint density at radius 2 is 1.51 bits per heavy atom. The van der Waals surface area contributed by atoms with E-state index in [4.69, 9.17) is 16.3 Å². The molecule has 178 valence electrons. The predicted molar refractivity (Wildman–Crippen MR) is 137 cm³/mol. The molecule has 6 nitrogen and oxygen atoms in total. The van der Waals surface area contributed by atoms with E-state index < -0.39 is 17.8 Å². The second-order valence-corrected chi connectivity index (χ2v) is 9.69. The van der Waals surface area contributed by atoms with Gasteiger partial charge in [-0.25, -0.2) is 9.69 Å². The summed E-state index contributed by atoms with van der Waals surface area (Å²) in [7, 11) is 0. The minimum absolute atomic E-state index is 0.0216. The number of para-hydroxylation sites is 1. The molecule has 0 aromatic heterocycles. The Bertz CT molecular complexity index is 1340. The van der Waals surface area contributed by atoms with Gasteiger partial charge in [0.2, 0.25) is 0 Å². The van der Waals surface area contributed by atoms with E-state index in [1.807, 2.05) is 37.3 Å². The van der Waals surface area contributed by atoms with Gasteiger partial charge >= 0.3 is 5.97 Å². The lowest BCUT2D eigenvalue weighted by Gasteiger charge is -2.22. The minimum Gasteiger partial charge on any atom is -0.423 e. The van der Waals surface area contributed by atoms with Crippen LogP contribution >= 0.6 is 11.6 Å². The first-order chi connectivity index (χ1) is 16.6. The number of nitrogens with zero attached hydrogens (tertiary/aromatic N) is 1. The SMILES string of the molecule is Cc1ccc(N2C(=O)C(Cl)=C(Nc3ccc(C(=O)Oc4ccccc4C(C)(C)C)cc3)C2=O)cc1. The number of esters is 1. The van der Waals surface area contributed by atoms with Gasteiger partial charge in [-0.05, 0) is 54.8 Å². The average molecular weight is 489 g/mol. The number of imide groups is 1. The van der Waals surface area contributed by atoms with Crippen LogP contribution in [-0.2, 0) is 15.0 Å². The number of carbonyl (C=O) groups is 3. The van der Waals surface area contributed by atoms with E-state index >= 15 is 0 Å². The zero-order valence-corrected chi connectivity index (χ0v) is 20.6. The molecule has 3 aromatic carbocycles. The molecule has 2 amide bonds. The van der Waals surface area contributed by atoms with Gasteiger partial charge < -0.3 is 10.1 Å². The highest BCUT2D eigenvalue weighted by molar-refractivity contribution is 6.53. The molecule has 0 saturated carbocycles. The molecule has 1 heterocycles. The van der Waals surface area contributed by atoms with E-state index in [9.17, 15) is 14.4 Å². The average Bonchev–Trinajstić information content (AvgIpc) is 3.03. The Kier molecular flexibility index (Phi) is 6.50. The van der Waals surface area contributed by atoms with Gasteiger partial charge in [0, 0.05) is 11.3 Å². The molecule has 0 saturated heterocycles. The van der Waals surface area contributed by atoms with Crippen molar-refractivity contribution in [1.29, 1.82) is 0 Å². The quantitative estimate of drug-likeness (QED) is 0.273. The van der Waals surface area contributed by atoms with Crippen molar-refractivity contribution in [2.75, 3.05) is 10.2 Å². The molecule has 3 aromatic rings. The van der Waals surface area contributed by atoms with Gasteiger partial charge in [-0.15, -0.1) is 0 Å². The minimum atomic E-state index is -0.597. The number of nitrogens with one attached hydrogen (secondary N) is 1. The van der Waals surface area contributed by atoms with Crippen molar-refractivity contribution < 1.29 is 19.1 Å². The highest BCUT2D eigenvalue weighted by Crippen LogP contribution is 2.32. The largest absolute Gasteiger partial charge is 0.423 e. The summed E-state index contributed by atoms with van der Waals surface area (Å²) >= 11 is 6.20. The first-order valence-electron chi connectivity index (χ1n) is 11.1. The maximum atomic E-state index is 12.9. The first-order valence-corrected chi connectivity index (χ1v) is 11.5. The topological polar surface area (TPSA) is 75.7 Å². The van der Waals surface area contributed by atoms with Crippen LogP contribution in [0, 0.1) is 6.92 Å². The summed E-state index contributed by atoms with van der Waals surface area (Å²) in [6, 6.07) is 20.8. The van der Waals surface area contributed by atoms with E-state index in [0.29, 0.717) is 22.7 Å². The van der Waals surface area contributed by atoms with E-state index in [0.717, 1.165) is 16.0 Å². The van der Waals surface area contributed by atoms with Crippen LogP contribution in [0.3, 0.4) is 0 Å². The molecule has 35 heavy (non-hydrogen) atoms. The summed E-state index contributed by atoms with van der Waals surface area (Å²) in [5.74, 6) is -1.13. The highest BCUT2D eigenvalue weighted by Gasteiger charge is 2.38. The molecule has 0 radical (unpaired) electrons. The van der Waals surface area contributed by atoms with E-state index in [1.165, 1.54) is 0 Å². The maximum Gasteiger partial charge on any atom is 0.343 e. The lowest BCUT2D eigenvalue weighted by Crippen LogP contribution is -2.32. The molecule has 1 N–H and O–H groups in total. The number of ether oxygens (including phenoxy) is 1. The maximum absolute atomic E-state index is 12.9. The van der Waals surface area contributed by atoms with E-state index in [1.54, 1.807) is 42.5 Å². The van der Waals surface area contributed by atoms with Gasteiger partial charge in [0.1, 0.15) is 16.5 Å². The van der Waals surface area contributed by atoms with Crippen LogP contribution in [0.4, 0.5) is 11.4 Å². The number of halogens is 1. The van der Waals surface area contributed by atoms with Crippen molar-refractivity contribution >= 4 is 40.8 Å². The second kappa shape index (κ2) is 9.39. The van der Waals surface area contributed by atoms with Gasteiger partial charge in [-0.2, -0.15) is 0 Å². The highest BCUT2D eigenvalue weighted by atomic mass is 35.5. The number of rotatable bonds is 5. The van der Waals surface area contributed by atoms with Crippen molar-refractivity contribution in [3.63, 3.8) is 0 Å². The van der Waals surface area contributed by atoms with Gasteiger partial charge in [0.15, 0.2) is 0 Å². The number of anilines is 2. The van der Waals surface area contributed by atoms with Crippen molar-refractivity contribution in [2.45, 2.75) is 33.1 Å². The molecule has 7 heteroatoms. The fourth-order valence-electron chi connectivity index (χ4n) is 3.71. The van der Waals surface area contributed by atoms with Crippen LogP contribution < -0.4 is 15.0 Å². The van der Waals surface area contributed by atoms with Crippen LogP contribution in [0.2, 0.25) is 0 Å². The van der Waals surface area contributed by atoms with Crippen molar-refractivity contribution in [3.8, 4) is 5.75 Å². The summed E-state index contributed by atoms with van der Waals surface area (Å²) in [5, 5.41) is 2.71. The third-order valence-corrected chi connectivity index (χ3v) is 5.96. The molecule has 0 spiro atoms. The van der Waals surface area contributed by atoms with Gasteiger partial charge in [-0.1, -0.05) is 68.3 Å². The second-order valence-electron chi connectivity index (χ2n) is 9.31. The zero-order valence-electron chi connectivity index (χ0n) is 19.9. The Morgan fingerprint density at radius 3 is 2.14 bits per heavy atom. The lowest BCUT2D eigenvalue weighted by molar-refractivity contribution is -0.120. The smallest absolute Gasteiger partial charge is 0.343 e. The third kappa shape index (κ3) is 4.98. The summed E-state index contributed by atoms with van der Waals surface area (Å²) in [5.41, 5.74) is 3.00. The summed E-state index contributed by atoms with van der Waals surface area (Å²) in [4.78, 5) is 39.3. The number of benzene rings is 3. The molecule has 1 aliphatic rings. The van der Waals surface area contributed by atoms with Crippen LogP contribution in [-0.4, -0.2) is 17.8 Å². The molecule has 1 aliphatic heterocycles. The Labute approximate surface area is 209 Å². The van der Waals surface area contributed by atoms with Crippen LogP contribution in [0.15, 0.2) is 83.5 Å². The van der Waals surface area contributed by atoms with Gasteiger partial charge in [0.25, 0.3) is 11.8 Å². The monoisotopic (exact) mass is 488 g/mol. The fourth-order valence-corrected chi connectivity index (χ4v) is 3.92. The summed E-state index contributed by atoms with van der Waals surface area (Å²) in [6.45, 7) is 8.07. The summed E-state index contributed by atoms with van der Waals surface area (Å²) < 4.78 is 5.66. The molecule has 0 unspecified atom stereocenters. The number of hydrogen-bond donors (Lipinski definition) is 1. The fraction of sp³-hybridized carbons (Fsp3) is 0.179. The van der Waals surface area contributed by atoms with Crippen LogP contribution in [0.5, 0.6) is 5.75 Å². The number of carbonyl (C=O) groups excluding carboxylic acids is 3. The molecular formula is C28H25ClN2O4. The molecule has 0 aliphatic carbocycles. The van der Waals surface area contributed by atoms with Crippen LogP contribution in [0.1, 0.15) is 42.3 Å². The number of amides is 2. The molecule has 4 rings (SSSR count). The van der Waals surface area contributed by atoms with Crippen LogP contribution in [0.25, 0.3) is 0 Å². The molecule has 0 bridgehead atoms. The molecule has 0 atom stereocenters. The third-order valence-electron chi connectivity index (χ3n) is 5.61. The van der Waals surface area contributed by atoms with E-state index in [2.05, 4.69) is 26.1 Å². The molecular weight excluding hydrogens is 464 g/mol. The lowest BCUT2D eigenvalue weighted by atomic mass is 9.86. The predicted octanol–water partition coefficient (Wildman–Crippen LogP) is 5.95. The van der Waals surface area contributed by atoms with Crippen molar-refractivity contribution in [2.24, 2.45) is 0 Å².